The van der Waals surface area contributed by atoms with Crippen molar-refractivity contribution in [2.45, 2.75) is 19.3 Å². The van der Waals surface area contributed by atoms with Crippen LogP contribution in [0.4, 0.5) is 4.79 Å². The van der Waals surface area contributed by atoms with Crippen LogP contribution in [-0.2, 0) is 9.53 Å². The molecule has 2 aromatic rings. The van der Waals surface area contributed by atoms with Crippen molar-refractivity contribution in [1.29, 1.82) is 0 Å². The number of benzene rings is 2. The number of carbonyl (C=O) groups excluding carboxylic acids is 1. The Labute approximate surface area is 146 Å². The van der Waals surface area contributed by atoms with Crippen LogP contribution in [0.25, 0.3) is 11.1 Å². The summed E-state index contributed by atoms with van der Waals surface area (Å²) in [6.45, 7) is 2.31. The fourth-order valence-electron chi connectivity index (χ4n) is 3.28. The summed E-state index contributed by atoms with van der Waals surface area (Å²) in [6.07, 6.45) is -0.497. The molecule has 0 bridgehead atoms. The Balaban J connectivity index is 1.62. The van der Waals surface area contributed by atoms with Crippen LogP contribution in [0.5, 0.6) is 0 Å². The van der Waals surface area contributed by atoms with Gasteiger partial charge in [0.05, 0.1) is 0 Å². The van der Waals surface area contributed by atoms with Crippen LogP contribution in [0.1, 0.15) is 30.4 Å². The number of carboxylic acids is 1. The maximum absolute atomic E-state index is 11.9. The highest BCUT2D eigenvalue weighted by molar-refractivity contribution is 5.79. The highest BCUT2D eigenvalue weighted by Gasteiger charge is 2.28. The van der Waals surface area contributed by atoms with E-state index in [1.165, 1.54) is 11.1 Å². The number of fused-ring (bicyclic) bond motifs is 3. The lowest BCUT2D eigenvalue weighted by molar-refractivity contribution is -0.137. The van der Waals surface area contributed by atoms with E-state index < -0.39 is 12.1 Å². The molecule has 0 saturated carbocycles. The minimum absolute atomic E-state index is 0.0175. The summed E-state index contributed by atoms with van der Waals surface area (Å²) in [7, 11) is 0. The highest BCUT2D eigenvalue weighted by Crippen LogP contribution is 2.44. The van der Waals surface area contributed by atoms with Crippen molar-refractivity contribution in [2.24, 2.45) is 5.92 Å². The van der Waals surface area contributed by atoms with E-state index in [1.807, 2.05) is 24.3 Å². The lowest BCUT2D eigenvalue weighted by Crippen LogP contribution is -2.30. The van der Waals surface area contributed by atoms with Gasteiger partial charge in [-0.1, -0.05) is 55.5 Å². The molecule has 3 rings (SSSR count). The minimum atomic E-state index is -0.873. The lowest BCUT2D eigenvalue weighted by Gasteiger charge is -2.15. The van der Waals surface area contributed by atoms with Crippen molar-refractivity contribution < 1.29 is 19.4 Å². The van der Waals surface area contributed by atoms with Gasteiger partial charge in [0, 0.05) is 18.9 Å². The van der Waals surface area contributed by atoms with E-state index >= 15 is 0 Å². The third-order valence-electron chi connectivity index (χ3n) is 4.46. The normalized spacial score (nSPS) is 13.6. The first-order chi connectivity index (χ1) is 12.1. The first-order valence-electron chi connectivity index (χ1n) is 8.37. The highest BCUT2D eigenvalue weighted by atomic mass is 16.5. The summed E-state index contributed by atoms with van der Waals surface area (Å²) in [4.78, 5) is 22.6. The molecule has 0 aliphatic heterocycles. The Morgan fingerprint density at radius 2 is 1.64 bits per heavy atom. The number of rotatable bonds is 6. The molecule has 2 aromatic carbocycles. The number of amides is 1. The molecule has 0 fully saturated rings. The van der Waals surface area contributed by atoms with Gasteiger partial charge < -0.3 is 15.2 Å². The molecule has 0 saturated heterocycles. The van der Waals surface area contributed by atoms with Crippen molar-refractivity contribution in [3.05, 3.63) is 59.7 Å². The predicted octanol–water partition coefficient (Wildman–Crippen LogP) is 3.64. The number of aliphatic carboxylic acids is 1. The molecular weight excluding hydrogens is 318 g/mol. The van der Waals surface area contributed by atoms with Gasteiger partial charge in [0.25, 0.3) is 0 Å². The summed E-state index contributed by atoms with van der Waals surface area (Å²) in [5.74, 6) is -0.991. The van der Waals surface area contributed by atoms with Crippen LogP contribution in [0.3, 0.4) is 0 Å². The molecule has 0 aromatic heterocycles. The second-order valence-electron chi connectivity index (χ2n) is 6.41. The fourth-order valence-corrected chi connectivity index (χ4v) is 3.28. The maximum atomic E-state index is 11.9. The summed E-state index contributed by atoms with van der Waals surface area (Å²) in [5.41, 5.74) is 4.69. The summed E-state index contributed by atoms with van der Waals surface area (Å²) >= 11 is 0. The molecule has 5 nitrogen and oxygen atoms in total. The monoisotopic (exact) mass is 339 g/mol. The molecular formula is C20H21NO4. The first-order valence-corrected chi connectivity index (χ1v) is 8.37. The Hall–Kier alpha value is -2.82. The molecule has 0 radical (unpaired) electrons. The second-order valence-corrected chi connectivity index (χ2v) is 6.41. The molecule has 1 amide bonds. The van der Waals surface area contributed by atoms with Gasteiger partial charge in [-0.2, -0.15) is 0 Å². The Kier molecular flexibility index (Phi) is 5.03. The van der Waals surface area contributed by atoms with E-state index in [1.54, 1.807) is 6.92 Å². The molecule has 1 aliphatic rings. The van der Waals surface area contributed by atoms with Crippen molar-refractivity contribution in [1.82, 2.24) is 5.32 Å². The average molecular weight is 339 g/mol. The molecule has 0 spiro atoms. The van der Waals surface area contributed by atoms with E-state index in [-0.39, 0.29) is 31.4 Å². The van der Waals surface area contributed by atoms with Gasteiger partial charge in [-0.15, -0.1) is 0 Å². The number of carbonyl (C=O) groups is 2. The number of carboxylic acid groups (broad SMARTS) is 1. The summed E-state index contributed by atoms with van der Waals surface area (Å²) < 4.78 is 5.40. The van der Waals surface area contributed by atoms with Crippen molar-refractivity contribution in [2.75, 3.05) is 13.2 Å². The number of hydrogen-bond acceptors (Lipinski definition) is 3. The van der Waals surface area contributed by atoms with E-state index in [2.05, 4.69) is 29.6 Å². The number of nitrogens with one attached hydrogen (secondary N) is 1. The van der Waals surface area contributed by atoms with Gasteiger partial charge in [-0.25, -0.2) is 4.79 Å². The molecule has 130 valence electrons. The van der Waals surface area contributed by atoms with Gasteiger partial charge >= 0.3 is 12.1 Å². The Bertz CT molecular complexity index is 741. The van der Waals surface area contributed by atoms with Crippen LogP contribution < -0.4 is 5.32 Å². The number of alkyl carbamates (subject to hydrolysis) is 1. The zero-order chi connectivity index (χ0) is 17.8. The third kappa shape index (κ3) is 3.82. The van der Waals surface area contributed by atoms with Crippen LogP contribution in [0, 0.1) is 5.92 Å². The molecule has 0 heterocycles. The Morgan fingerprint density at radius 3 is 2.20 bits per heavy atom. The first kappa shape index (κ1) is 17.0. The smallest absolute Gasteiger partial charge is 0.407 e. The van der Waals surface area contributed by atoms with Crippen LogP contribution in [0.2, 0.25) is 0 Å². The topological polar surface area (TPSA) is 75.6 Å². The molecule has 1 aliphatic carbocycles. The van der Waals surface area contributed by atoms with E-state index in [9.17, 15) is 9.59 Å². The van der Waals surface area contributed by atoms with Crippen LogP contribution >= 0.6 is 0 Å². The molecule has 25 heavy (non-hydrogen) atoms. The molecule has 5 heteroatoms. The second kappa shape index (κ2) is 7.38. The van der Waals surface area contributed by atoms with Gasteiger partial charge in [0.2, 0.25) is 0 Å². The standard InChI is InChI=1S/C20H21NO4/c1-13(10-19(22)23)11-21-20(24)25-12-18-16-8-4-2-6-14(16)15-7-3-5-9-17(15)18/h2-9,13,18H,10-12H2,1H3,(H,21,24)(H,22,23). The van der Waals surface area contributed by atoms with Crippen LogP contribution in [-0.4, -0.2) is 30.3 Å². The SMILES string of the molecule is CC(CNC(=O)OCC1c2ccccc2-c2ccccc21)CC(=O)O. The number of ether oxygens (including phenoxy) is 1. The van der Waals surface area contributed by atoms with Crippen molar-refractivity contribution in [3.8, 4) is 11.1 Å². The summed E-state index contributed by atoms with van der Waals surface area (Å²) in [6, 6.07) is 16.3. The fraction of sp³-hybridized carbons (Fsp3) is 0.300. The van der Waals surface area contributed by atoms with Gasteiger partial charge in [-0.3, -0.25) is 4.79 Å². The van der Waals surface area contributed by atoms with Gasteiger partial charge in [0.1, 0.15) is 6.61 Å². The molecule has 1 atom stereocenters. The van der Waals surface area contributed by atoms with Crippen molar-refractivity contribution >= 4 is 12.1 Å². The quantitative estimate of drug-likeness (QED) is 0.842. The summed E-state index contributed by atoms with van der Waals surface area (Å²) in [5, 5.41) is 11.4. The predicted molar refractivity (Wildman–Crippen MR) is 94.5 cm³/mol. The number of hydrogen-bond donors (Lipinski definition) is 2. The molecule has 2 N–H and O–H groups in total. The third-order valence-corrected chi connectivity index (χ3v) is 4.46. The minimum Gasteiger partial charge on any atom is -0.481 e. The van der Waals surface area contributed by atoms with Gasteiger partial charge in [-0.05, 0) is 28.2 Å². The van der Waals surface area contributed by atoms with E-state index in [0.717, 1.165) is 11.1 Å². The van der Waals surface area contributed by atoms with E-state index in [4.69, 9.17) is 9.84 Å². The van der Waals surface area contributed by atoms with Crippen molar-refractivity contribution in [3.63, 3.8) is 0 Å². The zero-order valence-electron chi connectivity index (χ0n) is 14.1. The van der Waals surface area contributed by atoms with Gasteiger partial charge in [0.15, 0.2) is 0 Å². The lowest BCUT2D eigenvalue weighted by atomic mass is 9.98. The largest absolute Gasteiger partial charge is 0.481 e. The van der Waals surface area contributed by atoms with E-state index in [0.29, 0.717) is 0 Å². The maximum Gasteiger partial charge on any atom is 0.407 e. The Morgan fingerprint density at radius 1 is 1.08 bits per heavy atom. The average Bonchev–Trinajstić information content (AvgIpc) is 2.92. The molecule has 1 unspecified atom stereocenters. The zero-order valence-corrected chi connectivity index (χ0v) is 14.1. The van der Waals surface area contributed by atoms with Crippen LogP contribution in [0.15, 0.2) is 48.5 Å².